The van der Waals surface area contributed by atoms with Crippen LogP contribution < -0.4 is 10.9 Å². The Morgan fingerprint density at radius 1 is 1.30 bits per heavy atom. The van der Waals surface area contributed by atoms with Crippen LogP contribution in [0.5, 0.6) is 0 Å². The molecular formula is C20H20N4O5S. The number of methoxy groups -OCH3 is 1. The van der Waals surface area contributed by atoms with Crippen molar-refractivity contribution in [2.75, 3.05) is 24.8 Å². The fraction of sp³-hybridized carbons (Fsp3) is 0.250. The zero-order valence-corrected chi connectivity index (χ0v) is 17.3. The number of ether oxygens (including phenoxy) is 1. The molecule has 0 spiro atoms. The molecule has 10 heteroatoms. The number of aryl methyl sites for hydroxylation is 1. The van der Waals surface area contributed by atoms with Crippen molar-refractivity contribution in [3.63, 3.8) is 0 Å². The van der Waals surface area contributed by atoms with E-state index >= 15 is 0 Å². The van der Waals surface area contributed by atoms with Gasteiger partial charge in [0, 0.05) is 13.2 Å². The summed E-state index contributed by atoms with van der Waals surface area (Å²) >= 11 is 1.09. The molecule has 0 atom stereocenters. The minimum Gasteiger partial charge on any atom is -0.383 e. The third-order valence-electron chi connectivity index (χ3n) is 4.30. The molecule has 0 fully saturated rings. The second-order valence-electron chi connectivity index (χ2n) is 6.48. The molecule has 3 aromatic rings. The molecule has 0 bridgehead atoms. The Balaban J connectivity index is 1.82. The summed E-state index contributed by atoms with van der Waals surface area (Å²) in [6.07, 6.45) is 0. The van der Waals surface area contributed by atoms with Gasteiger partial charge in [-0.2, -0.15) is 0 Å². The van der Waals surface area contributed by atoms with Crippen LogP contribution in [0.2, 0.25) is 0 Å². The largest absolute Gasteiger partial charge is 0.383 e. The Hall–Kier alpha value is -3.24. The van der Waals surface area contributed by atoms with Gasteiger partial charge in [0.1, 0.15) is 5.69 Å². The number of fused-ring (bicyclic) bond motifs is 1. The van der Waals surface area contributed by atoms with Crippen molar-refractivity contribution >= 4 is 39.9 Å². The van der Waals surface area contributed by atoms with E-state index in [4.69, 9.17) is 4.74 Å². The number of para-hydroxylation sites is 1. The van der Waals surface area contributed by atoms with Gasteiger partial charge in [0.2, 0.25) is 5.91 Å². The number of nitrogens with one attached hydrogen (secondary N) is 1. The summed E-state index contributed by atoms with van der Waals surface area (Å²) in [5.74, 6) is -0.504. The average molecular weight is 428 g/mol. The Morgan fingerprint density at radius 2 is 2.07 bits per heavy atom. The van der Waals surface area contributed by atoms with E-state index in [2.05, 4.69) is 10.3 Å². The number of nitrogens with zero attached hydrogens (tertiary/aromatic N) is 3. The Kier molecular flexibility index (Phi) is 6.80. The monoisotopic (exact) mass is 428 g/mol. The first-order chi connectivity index (χ1) is 14.4. The Bertz CT molecular complexity index is 1160. The number of benzene rings is 2. The molecule has 0 saturated carbocycles. The highest BCUT2D eigenvalue weighted by Gasteiger charge is 2.17. The first kappa shape index (κ1) is 21.5. The lowest BCUT2D eigenvalue weighted by Crippen LogP contribution is -2.26. The zero-order chi connectivity index (χ0) is 21.7. The van der Waals surface area contributed by atoms with E-state index in [0.717, 1.165) is 17.3 Å². The van der Waals surface area contributed by atoms with Crippen molar-refractivity contribution in [3.05, 3.63) is 68.5 Å². The minimum absolute atomic E-state index is 0.0667. The molecule has 0 unspecified atom stereocenters. The lowest BCUT2D eigenvalue weighted by molar-refractivity contribution is -0.384. The van der Waals surface area contributed by atoms with Gasteiger partial charge in [0.15, 0.2) is 5.16 Å². The van der Waals surface area contributed by atoms with E-state index in [-0.39, 0.29) is 22.7 Å². The van der Waals surface area contributed by atoms with Gasteiger partial charge in [0.25, 0.3) is 11.2 Å². The molecule has 3 rings (SSSR count). The maximum Gasteiger partial charge on any atom is 0.293 e. The van der Waals surface area contributed by atoms with Crippen LogP contribution in [0.1, 0.15) is 5.56 Å². The number of hydrogen-bond donors (Lipinski definition) is 1. The molecule has 2 aromatic carbocycles. The van der Waals surface area contributed by atoms with E-state index in [1.54, 1.807) is 37.3 Å². The van der Waals surface area contributed by atoms with Crippen molar-refractivity contribution in [2.45, 2.75) is 18.6 Å². The number of thioether (sulfide) groups is 1. The summed E-state index contributed by atoms with van der Waals surface area (Å²) in [7, 11) is 1.54. The number of carbonyl (C=O) groups excluding carboxylic acids is 1. The van der Waals surface area contributed by atoms with Crippen LogP contribution >= 0.6 is 11.8 Å². The Morgan fingerprint density at radius 3 is 2.80 bits per heavy atom. The predicted octanol–water partition coefficient (Wildman–Crippen LogP) is 2.99. The smallest absolute Gasteiger partial charge is 0.293 e. The molecule has 30 heavy (non-hydrogen) atoms. The van der Waals surface area contributed by atoms with Crippen LogP contribution in [0.4, 0.5) is 11.4 Å². The summed E-state index contributed by atoms with van der Waals surface area (Å²) in [6.45, 7) is 2.34. The number of rotatable bonds is 8. The topological polar surface area (TPSA) is 116 Å². The molecular weight excluding hydrogens is 408 g/mol. The van der Waals surface area contributed by atoms with Gasteiger partial charge in [-0.15, -0.1) is 0 Å². The van der Waals surface area contributed by atoms with Gasteiger partial charge in [-0.3, -0.25) is 24.3 Å². The second-order valence-corrected chi connectivity index (χ2v) is 7.42. The number of hydrogen-bond acceptors (Lipinski definition) is 7. The summed E-state index contributed by atoms with van der Waals surface area (Å²) < 4.78 is 6.55. The van der Waals surface area contributed by atoms with Crippen LogP contribution in [0.3, 0.4) is 0 Å². The highest BCUT2D eigenvalue weighted by Crippen LogP contribution is 2.26. The van der Waals surface area contributed by atoms with E-state index in [1.165, 1.54) is 23.8 Å². The van der Waals surface area contributed by atoms with Crippen LogP contribution in [0.15, 0.2) is 52.4 Å². The maximum atomic E-state index is 12.8. The standard InChI is InChI=1S/C20H20N4O5S/c1-13-7-8-16(17(11-13)24(27)28)21-18(25)12-30-20-22-15-6-4-3-5-14(15)19(26)23(20)9-10-29-2/h3-8,11H,9-10,12H2,1-2H3,(H,21,25). The number of carbonyl (C=O) groups is 1. The number of amides is 1. The van der Waals surface area contributed by atoms with Crippen molar-refractivity contribution < 1.29 is 14.5 Å². The van der Waals surface area contributed by atoms with Gasteiger partial charge in [-0.05, 0) is 30.7 Å². The summed E-state index contributed by atoms with van der Waals surface area (Å²) in [5.41, 5.74) is 0.994. The second kappa shape index (κ2) is 9.51. The molecule has 0 aliphatic carbocycles. The normalized spacial score (nSPS) is 10.9. The Labute approximate surface area is 176 Å². The van der Waals surface area contributed by atoms with Gasteiger partial charge in [-0.1, -0.05) is 30.0 Å². The molecule has 156 valence electrons. The van der Waals surface area contributed by atoms with Crippen molar-refractivity contribution in [3.8, 4) is 0 Å². The first-order valence-corrected chi connectivity index (χ1v) is 10.1. The van der Waals surface area contributed by atoms with Crippen LogP contribution in [0, 0.1) is 17.0 Å². The molecule has 1 heterocycles. The van der Waals surface area contributed by atoms with Crippen LogP contribution in [-0.4, -0.2) is 39.9 Å². The van der Waals surface area contributed by atoms with Crippen molar-refractivity contribution in [1.29, 1.82) is 0 Å². The van der Waals surface area contributed by atoms with Gasteiger partial charge < -0.3 is 10.1 Å². The molecule has 0 saturated heterocycles. The maximum absolute atomic E-state index is 12.8. The average Bonchev–Trinajstić information content (AvgIpc) is 2.73. The van der Waals surface area contributed by atoms with Crippen molar-refractivity contribution in [2.24, 2.45) is 0 Å². The fourth-order valence-corrected chi connectivity index (χ4v) is 3.68. The van der Waals surface area contributed by atoms with Gasteiger partial charge in [-0.25, -0.2) is 4.98 Å². The molecule has 1 aromatic heterocycles. The van der Waals surface area contributed by atoms with E-state index < -0.39 is 10.8 Å². The molecule has 0 radical (unpaired) electrons. The number of aromatic nitrogens is 2. The highest BCUT2D eigenvalue weighted by molar-refractivity contribution is 7.99. The van der Waals surface area contributed by atoms with Gasteiger partial charge >= 0.3 is 0 Å². The lowest BCUT2D eigenvalue weighted by Gasteiger charge is -2.13. The fourth-order valence-electron chi connectivity index (χ4n) is 2.85. The molecule has 1 amide bonds. The third kappa shape index (κ3) is 4.84. The number of nitro groups is 1. The van der Waals surface area contributed by atoms with Crippen molar-refractivity contribution in [1.82, 2.24) is 9.55 Å². The molecule has 9 nitrogen and oxygen atoms in total. The van der Waals surface area contributed by atoms with E-state index in [0.29, 0.717) is 29.2 Å². The summed E-state index contributed by atoms with van der Waals surface area (Å²) in [5, 5.41) is 14.7. The zero-order valence-electron chi connectivity index (χ0n) is 16.5. The summed E-state index contributed by atoms with van der Waals surface area (Å²) in [4.78, 5) is 40.4. The van der Waals surface area contributed by atoms with Crippen LogP contribution in [-0.2, 0) is 16.1 Å². The predicted molar refractivity (Wildman–Crippen MR) is 115 cm³/mol. The van der Waals surface area contributed by atoms with E-state index in [9.17, 15) is 19.7 Å². The lowest BCUT2D eigenvalue weighted by atomic mass is 10.2. The molecule has 1 N–H and O–H groups in total. The minimum atomic E-state index is -0.539. The summed E-state index contributed by atoms with van der Waals surface area (Å²) in [6, 6.07) is 11.6. The number of anilines is 1. The van der Waals surface area contributed by atoms with Gasteiger partial charge in [0.05, 0.1) is 34.7 Å². The highest BCUT2D eigenvalue weighted by atomic mass is 32.2. The van der Waals surface area contributed by atoms with Crippen LogP contribution in [0.25, 0.3) is 10.9 Å². The number of nitro benzene ring substituents is 1. The third-order valence-corrected chi connectivity index (χ3v) is 5.28. The molecule has 0 aliphatic heterocycles. The molecule has 0 aliphatic rings. The van der Waals surface area contributed by atoms with E-state index in [1.807, 2.05) is 0 Å². The SMILES string of the molecule is COCCn1c(SCC(=O)Nc2ccc(C)cc2[N+](=O)[O-])nc2ccccc2c1=O. The quantitative estimate of drug-likeness (QED) is 0.254. The first-order valence-electron chi connectivity index (χ1n) is 9.07.